The topological polar surface area (TPSA) is 3.24 Å². The average Bonchev–Trinajstić information content (AvgIpc) is 3.25. The van der Waals surface area contributed by atoms with Crippen LogP contribution in [0.15, 0.2) is 42.5 Å². The van der Waals surface area contributed by atoms with Gasteiger partial charge in [-0.3, -0.25) is 0 Å². The number of rotatable bonds is 6. The Hall–Kier alpha value is -1.60. The van der Waals surface area contributed by atoms with E-state index in [4.69, 9.17) is 0 Å². The van der Waals surface area contributed by atoms with Crippen LogP contribution in [0.1, 0.15) is 42.9 Å². The van der Waals surface area contributed by atoms with E-state index < -0.39 is 0 Å². The lowest BCUT2D eigenvalue weighted by Gasteiger charge is -2.17. The van der Waals surface area contributed by atoms with Crippen molar-refractivity contribution >= 4 is 0 Å². The molecule has 0 fully saturated rings. The third kappa shape index (κ3) is 2.75. The third-order valence-corrected chi connectivity index (χ3v) is 4.83. The van der Waals surface area contributed by atoms with E-state index in [-0.39, 0.29) is 0 Å². The summed E-state index contributed by atoms with van der Waals surface area (Å²) in [7, 11) is 0. The Morgan fingerprint density at radius 1 is 0.905 bits per heavy atom. The Kier molecular flexibility index (Phi) is 4.12. The third-order valence-electron chi connectivity index (χ3n) is 4.83. The highest BCUT2D eigenvalue weighted by Gasteiger charge is 2.36. The van der Waals surface area contributed by atoms with E-state index in [9.17, 15) is 0 Å². The molecule has 0 saturated carbocycles. The van der Waals surface area contributed by atoms with Gasteiger partial charge in [-0.1, -0.05) is 56.3 Å². The Morgan fingerprint density at radius 3 is 2.29 bits per heavy atom. The molecular weight excluding hydrogens is 254 g/mol. The number of benzene rings is 2. The second kappa shape index (κ2) is 6.03. The zero-order chi connectivity index (χ0) is 14.8. The quantitative estimate of drug-likeness (QED) is 0.731. The number of nitrogens with zero attached hydrogens (tertiary/aromatic N) is 1. The van der Waals surface area contributed by atoms with E-state index in [2.05, 4.69) is 68.1 Å². The number of aryl methyl sites for hydroxylation is 1. The predicted octanol–water partition coefficient (Wildman–Crippen LogP) is 4.84. The highest BCUT2D eigenvalue weighted by molar-refractivity contribution is 5.78. The molecule has 1 nitrogen and oxygen atoms in total. The Bertz CT molecular complexity index is 611. The van der Waals surface area contributed by atoms with Gasteiger partial charge in [-0.2, -0.15) is 0 Å². The molecule has 0 amide bonds. The van der Waals surface area contributed by atoms with Crippen LogP contribution in [0.3, 0.4) is 0 Å². The summed E-state index contributed by atoms with van der Waals surface area (Å²) in [5.41, 5.74) is 7.49. The van der Waals surface area contributed by atoms with Crippen LogP contribution in [0, 0.1) is 6.92 Å². The minimum Gasteiger partial charge on any atom is -0.304 e. The fourth-order valence-corrected chi connectivity index (χ4v) is 3.49. The van der Waals surface area contributed by atoms with E-state index in [1.54, 1.807) is 11.1 Å². The molecule has 0 radical (unpaired) electrons. The molecule has 0 bridgehead atoms. The van der Waals surface area contributed by atoms with Crippen LogP contribution in [0.4, 0.5) is 0 Å². The number of hydrogen-bond donors (Lipinski definition) is 0. The van der Waals surface area contributed by atoms with Crippen molar-refractivity contribution in [2.45, 2.75) is 33.1 Å². The first-order valence-electron chi connectivity index (χ1n) is 8.17. The van der Waals surface area contributed by atoms with Crippen molar-refractivity contribution in [3.05, 3.63) is 59.2 Å². The van der Waals surface area contributed by atoms with Gasteiger partial charge in [0.2, 0.25) is 0 Å². The summed E-state index contributed by atoms with van der Waals surface area (Å²) in [5, 5.41) is 0. The minimum atomic E-state index is 0.691. The molecule has 21 heavy (non-hydrogen) atoms. The van der Waals surface area contributed by atoms with Gasteiger partial charge < -0.3 is 4.90 Å². The van der Waals surface area contributed by atoms with E-state index in [1.807, 2.05) is 0 Å². The van der Waals surface area contributed by atoms with Crippen molar-refractivity contribution < 1.29 is 0 Å². The Morgan fingerprint density at radius 2 is 1.62 bits per heavy atom. The molecular formula is C20H25N. The van der Waals surface area contributed by atoms with Gasteiger partial charge in [-0.05, 0) is 60.8 Å². The Labute approximate surface area is 128 Å². The van der Waals surface area contributed by atoms with Crippen molar-refractivity contribution in [1.29, 1.82) is 0 Å². The normalized spacial score (nSPS) is 16.1. The van der Waals surface area contributed by atoms with Gasteiger partial charge in [0.25, 0.3) is 0 Å². The van der Waals surface area contributed by atoms with Gasteiger partial charge in [0.1, 0.15) is 0 Å². The number of hydrogen-bond acceptors (Lipinski definition) is 1. The van der Waals surface area contributed by atoms with E-state index >= 15 is 0 Å². The molecule has 0 heterocycles. The lowest BCUT2D eigenvalue weighted by Crippen LogP contribution is -2.24. The summed E-state index contributed by atoms with van der Waals surface area (Å²) in [6, 6.07) is 15.4. The molecule has 1 aliphatic rings. The van der Waals surface area contributed by atoms with Crippen LogP contribution in [0.25, 0.3) is 11.1 Å². The fraction of sp³-hybridized carbons (Fsp3) is 0.400. The smallest absolute Gasteiger partial charge is 0.0116 e. The van der Waals surface area contributed by atoms with Gasteiger partial charge in [0, 0.05) is 5.92 Å². The molecule has 1 aliphatic carbocycles. The van der Waals surface area contributed by atoms with Crippen molar-refractivity contribution in [1.82, 2.24) is 4.90 Å². The molecule has 1 unspecified atom stereocenters. The first-order chi connectivity index (χ1) is 10.3. The average molecular weight is 279 g/mol. The minimum absolute atomic E-state index is 0.691. The summed E-state index contributed by atoms with van der Waals surface area (Å²) >= 11 is 0. The molecule has 0 saturated heterocycles. The summed E-state index contributed by atoms with van der Waals surface area (Å²) in [4.78, 5) is 2.52. The van der Waals surface area contributed by atoms with Crippen molar-refractivity contribution in [2.24, 2.45) is 0 Å². The Balaban J connectivity index is 1.81. The number of fused-ring (bicyclic) bond motifs is 1. The molecule has 0 aromatic heterocycles. The van der Waals surface area contributed by atoms with Gasteiger partial charge in [-0.25, -0.2) is 0 Å². The zero-order valence-electron chi connectivity index (χ0n) is 13.4. The highest BCUT2D eigenvalue weighted by atomic mass is 15.1. The maximum absolute atomic E-state index is 2.52. The van der Waals surface area contributed by atoms with E-state index in [1.165, 1.54) is 29.7 Å². The molecule has 0 aliphatic heterocycles. The largest absolute Gasteiger partial charge is 0.304 e. The lowest BCUT2D eigenvalue weighted by molar-refractivity contribution is 0.299. The standard InChI is InChI=1S/C20H25N/c1-4-21(5-2)14-13-18-19-15(3)11-12-17(20(18)19)16-9-7-6-8-10-16/h6-12,18H,4-5,13-14H2,1-3H3. The maximum Gasteiger partial charge on any atom is 0.0116 e. The van der Waals surface area contributed by atoms with Gasteiger partial charge in [0.05, 0.1) is 0 Å². The second-order valence-electron chi connectivity index (χ2n) is 5.99. The molecule has 1 heteroatoms. The summed E-state index contributed by atoms with van der Waals surface area (Å²) in [5.74, 6) is 0.691. The lowest BCUT2D eigenvalue weighted by atomic mass is 10.0. The van der Waals surface area contributed by atoms with E-state index in [0.717, 1.165) is 13.1 Å². The van der Waals surface area contributed by atoms with Crippen molar-refractivity contribution in [3.8, 4) is 11.1 Å². The van der Waals surface area contributed by atoms with Crippen LogP contribution in [0.5, 0.6) is 0 Å². The monoisotopic (exact) mass is 279 g/mol. The second-order valence-corrected chi connectivity index (χ2v) is 5.99. The van der Waals surface area contributed by atoms with Gasteiger partial charge in [-0.15, -0.1) is 0 Å². The van der Waals surface area contributed by atoms with Crippen LogP contribution in [-0.4, -0.2) is 24.5 Å². The molecule has 0 N–H and O–H groups in total. The molecule has 2 aromatic rings. The summed E-state index contributed by atoms with van der Waals surface area (Å²) < 4.78 is 0. The first-order valence-corrected chi connectivity index (χ1v) is 8.17. The molecule has 110 valence electrons. The first kappa shape index (κ1) is 14.3. The van der Waals surface area contributed by atoms with Crippen LogP contribution in [-0.2, 0) is 0 Å². The maximum atomic E-state index is 2.52. The van der Waals surface area contributed by atoms with E-state index in [0.29, 0.717) is 5.92 Å². The molecule has 1 atom stereocenters. The van der Waals surface area contributed by atoms with Crippen LogP contribution >= 0.6 is 0 Å². The highest BCUT2D eigenvalue weighted by Crippen LogP contribution is 2.52. The van der Waals surface area contributed by atoms with Crippen molar-refractivity contribution in [2.75, 3.05) is 19.6 Å². The van der Waals surface area contributed by atoms with Crippen LogP contribution in [0.2, 0.25) is 0 Å². The fourth-order valence-electron chi connectivity index (χ4n) is 3.49. The SMILES string of the molecule is CCN(CC)CCC1c2c(C)ccc(-c3ccccc3)c21. The van der Waals surface area contributed by atoms with Crippen molar-refractivity contribution in [3.63, 3.8) is 0 Å². The summed E-state index contributed by atoms with van der Waals surface area (Å²) in [6.07, 6.45) is 1.27. The summed E-state index contributed by atoms with van der Waals surface area (Å²) in [6.45, 7) is 10.3. The van der Waals surface area contributed by atoms with Gasteiger partial charge in [0.15, 0.2) is 0 Å². The molecule has 0 spiro atoms. The van der Waals surface area contributed by atoms with Gasteiger partial charge >= 0.3 is 0 Å². The molecule has 3 rings (SSSR count). The van der Waals surface area contributed by atoms with Crippen LogP contribution < -0.4 is 0 Å². The molecule has 2 aromatic carbocycles. The predicted molar refractivity (Wildman–Crippen MR) is 90.9 cm³/mol. The zero-order valence-corrected chi connectivity index (χ0v) is 13.4.